The maximum atomic E-state index is 11.9. The second-order valence-electron chi connectivity index (χ2n) is 5.45. The average molecular weight is 301 g/mol. The van der Waals surface area contributed by atoms with Gasteiger partial charge < -0.3 is 5.32 Å². The lowest BCUT2D eigenvalue weighted by Gasteiger charge is -2.20. The van der Waals surface area contributed by atoms with Crippen LogP contribution in [0.1, 0.15) is 26.6 Å². The molecule has 2 aromatic rings. The van der Waals surface area contributed by atoms with Crippen LogP contribution in [0.4, 0.5) is 0 Å². The smallest absolute Gasteiger partial charge is 0.234 e. The summed E-state index contributed by atoms with van der Waals surface area (Å²) in [6.07, 6.45) is 1.55. The molecule has 0 radical (unpaired) electrons. The van der Waals surface area contributed by atoms with Crippen LogP contribution < -0.4 is 5.32 Å². The molecule has 6 heteroatoms. The number of likely N-dealkylation sites (N-methyl/N-ethyl adjacent to an activating group) is 1. The first-order valence-electron chi connectivity index (χ1n) is 7.56. The van der Waals surface area contributed by atoms with E-state index in [9.17, 15) is 4.79 Å². The molecule has 1 aromatic heterocycles. The van der Waals surface area contributed by atoms with E-state index in [2.05, 4.69) is 15.4 Å². The summed E-state index contributed by atoms with van der Waals surface area (Å²) in [5, 5.41) is 7.19. The minimum absolute atomic E-state index is 0.0302. The van der Waals surface area contributed by atoms with Gasteiger partial charge in [0.05, 0.1) is 18.8 Å². The molecule has 0 aliphatic rings. The fourth-order valence-electron chi connectivity index (χ4n) is 2.21. The van der Waals surface area contributed by atoms with Gasteiger partial charge in [0.2, 0.25) is 5.91 Å². The topological polar surface area (TPSA) is 63.1 Å². The van der Waals surface area contributed by atoms with Crippen molar-refractivity contribution in [2.45, 2.75) is 33.4 Å². The third-order valence-electron chi connectivity index (χ3n) is 3.25. The molecule has 118 valence electrons. The molecule has 0 spiro atoms. The number of rotatable bonds is 7. The molecular weight excluding hydrogens is 278 g/mol. The molecule has 2 rings (SSSR count). The Morgan fingerprint density at radius 3 is 2.68 bits per heavy atom. The first-order chi connectivity index (χ1) is 10.6. The van der Waals surface area contributed by atoms with Crippen molar-refractivity contribution in [2.24, 2.45) is 0 Å². The molecule has 0 atom stereocenters. The van der Waals surface area contributed by atoms with Crippen molar-refractivity contribution in [3.05, 3.63) is 42.5 Å². The fourth-order valence-corrected chi connectivity index (χ4v) is 2.21. The highest BCUT2D eigenvalue weighted by atomic mass is 16.2. The van der Waals surface area contributed by atoms with Gasteiger partial charge in [-0.2, -0.15) is 5.10 Å². The van der Waals surface area contributed by atoms with Crippen LogP contribution in [0.25, 0.3) is 5.69 Å². The number of carbonyl (C=O) groups excluding carboxylic acids is 1. The number of amides is 1. The van der Waals surface area contributed by atoms with Crippen LogP contribution in [0.5, 0.6) is 0 Å². The van der Waals surface area contributed by atoms with Crippen LogP contribution in [0.2, 0.25) is 0 Å². The van der Waals surface area contributed by atoms with E-state index in [1.165, 1.54) is 0 Å². The Hall–Kier alpha value is -2.21. The van der Waals surface area contributed by atoms with Gasteiger partial charge in [0.15, 0.2) is 0 Å². The number of benzene rings is 1. The van der Waals surface area contributed by atoms with E-state index in [0.29, 0.717) is 13.1 Å². The largest absolute Gasteiger partial charge is 0.353 e. The Bertz CT molecular complexity index is 594. The van der Waals surface area contributed by atoms with Gasteiger partial charge in [-0.1, -0.05) is 25.1 Å². The Morgan fingerprint density at radius 2 is 2.05 bits per heavy atom. The number of carbonyl (C=O) groups is 1. The van der Waals surface area contributed by atoms with Crippen LogP contribution in [0, 0.1) is 0 Å². The standard InChI is InChI=1S/C16H23N5O/c1-4-20(11-16(22)19-13(2)3)10-15-17-12-18-21(15)14-8-6-5-7-9-14/h5-9,12-13H,4,10-11H2,1-3H3,(H,19,22). The Kier molecular flexibility index (Phi) is 5.66. The number of hydrogen-bond acceptors (Lipinski definition) is 4. The summed E-state index contributed by atoms with van der Waals surface area (Å²) in [4.78, 5) is 18.3. The summed E-state index contributed by atoms with van der Waals surface area (Å²) >= 11 is 0. The molecule has 0 unspecified atom stereocenters. The zero-order valence-electron chi connectivity index (χ0n) is 13.4. The monoisotopic (exact) mass is 301 g/mol. The van der Waals surface area contributed by atoms with Crippen LogP contribution in [0.3, 0.4) is 0 Å². The quantitative estimate of drug-likeness (QED) is 0.844. The van der Waals surface area contributed by atoms with Gasteiger partial charge in [0.25, 0.3) is 0 Å². The first kappa shape index (κ1) is 16.2. The molecule has 0 saturated heterocycles. The predicted octanol–water partition coefficient (Wildman–Crippen LogP) is 1.61. The highest BCUT2D eigenvalue weighted by Crippen LogP contribution is 2.09. The maximum Gasteiger partial charge on any atom is 0.234 e. The van der Waals surface area contributed by atoms with Crippen molar-refractivity contribution in [1.82, 2.24) is 25.0 Å². The highest BCUT2D eigenvalue weighted by Gasteiger charge is 2.14. The van der Waals surface area contributed by atoms with Gasteiger partial charge in [-0.15, -0.1) is 0 Å². The van der Waals surface area contributed by atoms with E-state index < -0.39 is 0 Å². The zero-order valence-corrected chi connectivity index (χ0v) is 13.4. The van der Waals surface area contributed by atoms with Crippen molar-refractivity contribution in [3.8, 4) is 5.69 Å². The molecule has 6 nitrogen and oxygen atoms in total. The normalized spacial score (nSPS) is 11.1. The molecule has 0 aliphatic heterocycles. The summed E-state index contributed by atoms with van der Waals surface area (Å²) < 4.78 is 1.81. The van der Waals surface area contributed by atoms with Crippen LogP contribution in [-0.2, 0) is 11.3 Å². The Labute approximate surface area is 131 Å². The van der Waals surface area contributed by atoms with Crippen molar-refractivity contribution in [3.63, 3.8) is 0 Å². The molecule has 22 heavy (non-hydrogen) atoms. The zero-order chi connectivity index (χ0) is 15.9. The van der Waals surface area contributed by atoms with Crippen molar-refractivity contribution in [2.75, 3.05) is 13.1 Å². The molecule has 1 aromatic carbocycles. The lowest BCUT2D eigenvalue weighted by molar-refractivity contribution is -0.122. The molecular formula is C16H23N5O. The molecule has 0 saturated carbocycles. The van der Waals surface area contributed by atoms with Gasteiger partial charge in [-0.25, -0.2) is 9.67 Å². The van der Waals surface area contributed by atoms with Crippen molar-refractivity contribution >= 4 is 5.91 Å². The van der Waals surface area contributed by atoms with Gasteiger partial charge in [-0.3, -0.25) is 9.69 Å². The van der Waals surface area contributed by atoms with Crippen molar-refractivity contribution < 1.29 is 4.79 Å². The second kappa shape index (κ2) is 7.70. The van der Waals surface area contributed by atoms with E-state index >= 15 is 0 Å². The minimum atomic E-state index is 0.0302. The van der Waals surface area contributed by atoms with Crippen LogP contribution in [0.15, 0.2) is 36.7 Å². The third-order valence-corrected chi connectivity index (χ3v) is 3.25. The number of para-hydroxylation sites is 1. The summed E-state index contributed by atoms with van der Waals surface area (Å²) in [6.45, 7) is 7.66. The van der Waals surface area contributed by atoms with Gasteiger partial charge in [-0.05, 0) is 32.5 Å². The number of hydrogen-bond donors (Lipinski definition) is 1. The van der Waals surface area contributed by atoms with E-state index in [0.717, 1.165) is 18.1 Å². The predicted molar refractivity (Wildman–Crippen MR) is 85.6 cm³/mol. The van der Waals surface area contributed by atoms with Crippen LogP contribution >= 0.6 is 0 Å². The maximum absolute atomic E-state index is 11.9. The van der Waals surface area contributed by atoms with Gasteiger partial charge in [0.1, 0.15) is 12.2 Å². The highest BCUT2D eigenvalue weighted by molar-refractivity contribution is 5.78. The van der Waals surface area contributed by atoms with E-state index in [4.69, 9.17) is 0 Å². The van der Waals surface area contributed by atoms with Crippen LogP contribution in [-0.4, -0.2) is 44.7 Å². The molecule has 0 fully saturated rings. The van der Waals surface area contributed by atoms with Crippen molar-refractivity contribution in [1.29, 1.82) is 0 Å². The Balaban J connectivity index is 2.06. The van der Waals surface area contributed by atoms with Gasteiger partial charge >= 0.3 is 0 Å². The number of aromatic nitrogens is 3. The van der Waals surface area contributed by atoms with Gasteiger partial charge in [0, 0.05) is 6.04 Å². The minimum Gasteiger partial charge on any atom is -0.353 e. The summed E-state index contributed by atoms with van der Waals surface area (Å²) in [5.41, 5.74) is 0.970. The summed E-state index contributed by atoms with van der Waals surface area (Å²) in [6, 6.07) is 10.0. The Morgan fingerprint density at radius 1 is 1.32 bits per heavy atom. The summed E-state index contributed by atoms with van der Waals surface area (Å²) in [5.74, 6) is 0.855. The number of nitrogens with zero attached hydrogens (tertiary/aromatic N) is 4. The average Bonchev–Trinajstić information content (AvgIpc) is 2.94. The fraction of sp³-hybridized carbons (Fsp3) is 0.438. The second-order valence-corrected chi connectivity index (χ2v) is 5.45. The molecule has 1 heterocycles. The summed E-state index contributed by atoms with van der Waals surface area (Å²) in [7, 11) is 0. The first-order valence-corrected chi connectivity index (χ1v) is 7.56. The molecule has 1 amide bonds. The number of nitrogens with one attached hydrogen (secondary N) is 1. The van der Waals surface area contributed by atoms with E-state index in [1.54, 1.807) is 6.33 Å². The molecule has 0 aliphatic carbocycles. The molecule has 1 N–H and O–H groups in total. The SMILES string of the molecule is CCN(CC(=O)NC(C)C)Cc1ncnn1-c1ccccc1. The van der Waals surface area contributed by atoms with E-state index in [-0.39, 0.29) is 11.9 Å². The lowest BCUT2D eigenvalue weighted by Crippen LogP contribution is -2.40. The third kappa shape index (κ3) is 4.39. The molecule has 0 bridgehead atoms. The van der Waals surface area contributed by atoms with E-state index in [1.807, 2.05) is 60.7 Å². The lowest BCUT2D eigenvalue weighted by atomic mass is 10.3.